The van der Waals surface area contributed by atoms with Gasteiger partial charge in [-0.1, -0.05) is 30.3 Å². The van der Waals surface area contributed by atoms with E-state index in [1.807, 2.05) is 0 Å². The molecule has 0 amide bonds. The number of halogens is 3. The maximum atomic E-state index is 12.4. The van der Waals surface area contributed by atoms with E-state index >= 15 is 0 Å². The Morgan fingerprint density at radius 1 is 1.05 bits per heavy atom. The number of alkyl halides is 3. The van der Waals surface area contributed by atoms with E-state index in [1.165, 1.54) is 12.1 Å². The van der Waals surface area contributed by atoms with Gasteiger partial charge in [-0.2, -0.15) is 21.6 Å². The van der Waals surface area contributed by atoms with Crippen LogP contribution in [0.15, 0.2) is 46.9 Å². The fourth-order valence-corrected chi connectivity index (χ4v) is 2.17. The Balaban J connectivity index is 2.35. The maximum absolute atomic E-state index is 12.4. The van der Waals surface area contributed by atoms with Crippen molar-refractivity contribution in [3.05, 3.63) is 42.5 Å². The Morgan fingerprint density at radius 2 is 1.65 bits per heavy atom. The summed E-state index contributed by atoms with van der Waals surface area (Å²) < 4.78 is 65.0. The Kier molecular flexibility index (Phi) is 3.51. The molecule has 0 spiro atoms. The molecule has 0 N–H and O–H groups in total. The molecule has 0 fully saturated rings. The predicted octanol–water partition coefficient (Wildman–Crippen LogP) is 3.23. The van der Waals surface area contributed by atoms with Crippen molar-refractivity contribution in [2.24, 2.45) is 0 Å². The zero-order chi connectivity index (χ0) is 15.0. The maximum Gasteiger partial charge on any atom is 0.516 e. The Bertz CT molecular complexity index is 692. The van der Waals surface area contributed by atoms with Crippen LogP contribution in [0.3, 0.4) is 0 Å². The van der Waals surface area contributed by atoms with Crippen LogP contribution in [0.2, 0.25) is 0 Å². The summed E-state index contributed by atoms with van der Waals surface area (Å²) in [6.45, 7) is 0. The van der Waals surface area contributed by atoms with E-state index in [-0.39, 0.29) is 10.1 Å². The Hall–Kier alpha value is -1.96. The van der Waals surface area contributed by atoms with Gasteiger partial charge in [-0.15, -0.1) is 0 Å². The van der Waals surface area contributed by atoms with Crippen molar-refractivity contribution in [3.63, 3.8) is 0 Å². The van der Waals surface area contributed by atoms with Crippen molar-refractivity contribution in [1.82, 2.24) is 0 Å². The zero-order valence-corrected chi connectivity index (χ0v) is 11.1. The number of benzene rings is 1. The van der Waals surface area contributed by atoms with Gasteiger partial charge in [0.25, 0.3) is 0 Å². The summed E-state index contributed by atoms with van der Waals surface area (Å²) in [4.78, 5) is 0. The lowest BCUT2D eigenvalue weighted by Crippen LogP contribution is -2.37. The largest absolute Gasteiger partial charge is 0.516 e. The van der Waals surface area contributed by atoms with Gasteiger partial charge in [0.05, 0.1) is 0 Å². The standard InChI is InChI=1S/C12H10F3NO3S/c1-16(20(17,18)12(13,14)15)11-8-7-10(19-11)9-5-3-2-4-6-9/h2-8H,1H3. The smallest absolute Gasteiger partial charge is 0.440 e. The van der Waals surface area contributed by atoms with Crippen molar-refractivity contribution < 1.29 is 26.0 Å². The van der Waals surface area contributed by atoms with Crippen LogP contribution in [0.1, 0.15) is 0 Å². The van der Waals surface area contributed by atoms with Gasteiger partial charge in [0.1, 0.15) is 5.76 Å². The van der Waals surface area contributed by atoms with Gasteiger partial charge < -0.3 is 4.42 Å². The quantitative estimate of drug-likeness (QED) is 0.874. The number of nitrogens with zero attached hydrogens (tertiary/aromatic N) is 1. The molecule has 0 atom stereocenters. The molecule has 1 heterocycles. The molecule has 2 rings (SSSR count). The molecule has 0 radical (unpaired) electrons. The fraction of sp³-hybridized carbons (Fsp3) is 0.167. The van der Waals surface area contributed by atoms with E-state index in [9.17, 15) is 21.6 Å². The monoisotopic (exact) mass is 305 g/mol. The molecule has 0 unspecified atom stereocenters. The summed E-state index contributed by atoms with van der Waals surface area (Å²) in [5.74, 6) is -0.119. The lowest BCUT2D eigenvalue weighted by molar-refractivity contribution is -0.0437. The zero-order valence-electron chi connectivity index (χ0n) is 10.3. The first-order chi connectivity index (χ1) is 9.23. The molecule has 20 heavy (non-hydrogen) atoms. The van der Waals surface area contributed by atoms with Crippen LogP contribution in [0.5, 0.6) is 0 Å². The first-order valence-corrected chi connectivity index (χ1v) is 6.88. The number of furan rings is 1. The van der Waals surface area contributed by atoms with Crippen molar-refractivity contribution >= 4 is 15.9 Å². The first-order valence-electron chi connectivity index (χ1n) is 5.44. The van der Waals surface area contributed by atoms with E-state index in [2.05, 4.69) is 0 Å². The lowest BCUT2D eigenvalue weighted by atomic mass is 10.2. The molecular weight excluding hydrogens is 295 g/mol. The number of sulfonamides is 1. The van der Waals surface area contributed by atoms with Crippen LogP contribution in [0.25, 0.3) is 11.3 Å². The summed E-state index contributed by atoms with van der Waals surface area (Å²) in [5.41, 5.74) is -4.74. The highest BCUT2D eigenvalue weighted by Gasteiger charge is 2.49. The molecule has 0 aliphatic heterocycles. The van der Waals surface area contributed by atoms with Gasteiger partial charge in [0, 0.05) is 18.7 Å². The molecule has 8 heteroatoms. The minimum Gasteiger partial charge on any atom is -0.440 e. The third kappa shape index (κ3) is 2.51. The molecule has 0 saturated heterocycles. The Morgan fingerprint density at radius 3 is 2.20 bits per heavy atom. The van der Waals surface area contributed by atoms with Gasteiger partial charge >= 0.3 is 15.5 Å². The lowest BCUT2D eigenvalue weighted by Gasteiger charge is -2.17. The van der Waals surface area contributed by atoms with E-state index < -0.39 is 21.4 Å². The Labute approximate surface area is 113 Å². The van der Waals surface area contributed by atoms with Crippen LogP contribution in [-0.2, 0) is 10.0 Å². The second-order valence-corrected chi connectivity index (χ2v) is 5.88. The second kappa shape index (κ2) is 4.86. The van der Waals surface area contributed by atoms with Gasteiger partial charge in [0.2, 0.25) is 5.88 Å². The van der Waals surface area contributed by atoms with Crippen LogP contribution < -0.4 is 4.31 Å². The van der Waals surface area contributed by atoms with Crippen LogP contribution in [0.4, 0.5) is 19.1 Å². The van der Waals surface area contributed by atoms with E-state index in [1.54, 1.807) is 30.3 Å². The van der Waals surface area contributed by atoms with Crippen molar-refractivity contribution in [1.29, 1.82) is 0 Å². The highest BCUT2D eigenvalue weighted by Crippen LogP contribution is 2.32. The average molecular weight is 305 g/mol. The highest BCUT2D eigenvalue weighted by molar-refractivity contribution is 7.93. The minimum absolute atomic E-state index is 0.0689. The molecule has 0 aliphatic rings. The molecule has 108 valence electrons. The van der Waals surface area contributed by atoms with Gasteiger partial charge in [-0.05, 0) is 6.07 Å². The summed E-state index contributed by atoms with van der Waals surface area (Å²) in [7, 11) is -4.67. The minimum atomic E-state index is -5.46. The van der Waals surface area contributed by atoms with Crippen LogP contribution >= 0.6 is 0 Å². The SMILES string of the molecule is CN(c1ccc(-c2ccccc2)o1)S(=O)(=O)C(F)(F)F. The summed E-state index contributed by atoms with van der Waals surface area (Å²) in [6.07, 6.45) is 0. The van der Waals surface area contributed by atoms with Crippen molar-refractivity contribution in [3.8, 4) is 11.3 Å². The van der Waals surface area contributed by atoms with Gasteiger partial charge in [-0.3, -0.25) is 0 Å². The molecule has 0 saturated carbocycles. The number of rotatable bonds is 3. The second-order valence-electron chi connectivity index (χ2n) is 3.92. The molecular formula is C12H10F3NO3S. The summed E-state index contributed by atoms with van der Waals surface area (Å²) in [5, 5.41) is 0. The van der Waals surface area contributed by atoms with E-state index in [4.69, 9.17) is 4.42 Å². The van der Waals surface area contributed by atoms with Crippen molar-refractivity contribution in [2.75, 3.05) is 11.4 Å². The molecule has 1 aromatic carbocycles. The topological polar surface area (TPSA) is 50.5 Å². The normalized spacial score (nSPS) is 12.4. The number of anilines is 1. The molecule has 4 nitrogen and oxygen atoms in total. The third-order valence-electron chi connectivity index (χ3n) is 2.61. The third-order valence-corrected chi connectivity index (χ3v) is 4.10. The molecule has 0 bridgehead atoms. The van der Waals surface area contributed by atoms with Crippen LogP contribution in [-0.4, -0.2) is 21.0 Å². The number of hydrogen-bond acceptors (Lipinski definition) is 3. The van der Waals surface area contributed by atoms with E-state index in [0.29, 0.717) is 5.56 Å². The molecule has 0 aliphatic carbocycles. The van der Waals surface area contributed by atoms with Crippen molar-refractivity contribution in [2.45, 2.75) is 5.51 Å². The number of hydrogen-bond donors (Lipinski definition) is 0. The highest BCUT2D eigenvalue weighted by atomic mass is 32.2. The summed E-state index contributed by atoms with van der Waals surface area (Å²) >= 11 is 0. The van der Waals surface area contributed by atoms with Gasteiger partial charge in [0.15, 0.2) is 0 Å². The first kappa shape index (κ1) is 14.4. The van der Waals surface area contributed by atoms with Crippen LogP contribution in [0, 0.1) is 0 Å². The van der Waals surface area contributed by atoms with Gasteiger partial charge in [-0.25, -0.2) is 4.31 Å². The van der Waals surface area contributed by atoms with E-state index in [0.717, 1.165) is 7.05 Å². The molecule has 1 aromatic heterocycles. The fourth-order valence-electron chi connectivity index (χ4n) is 1.53. The predicted molar refractivity (Wildman–Crippen MR) is 67.5 cm³/mol. The molecule has 2 aromatic rings. The average Bonchev–Trinajstić information content (AvgIpc) is 2.87. The summed E-state index contributed by atoms with van der Waals surface area (Å²) in [6, 6.07) is 11.2.